The van der Waals surface area contributed by atoms with Crippen LogP contribution in [-0.4, -0.2) is 39.4 Å². The van der Waals surface area contributed by atoms with Crippen LogP contribution in [-0.2, 0) is 16.4 Å². The average Bonchev–Trinajstić information content (AvgIpc) is 3.09. The van der Waals surface area contributed by atoms with E-state index in [4.69, 9.17) is 0 Å². The number of carbonyl (C=O) groups excluding carboxylic acids is 1. The average molecular weight is 387 g/mol. The van der Waals surface area contributed by atoms with Crippen LogP contribution in [0, 0.1) is 5.41 Å². The Bertz CT molecular complexity index is 895. The fraction of sp³-hybridized carbons (Fsp3) is 0.381. The zero-order chi connectivity index (χ0) is 19.5. The minimum Gasteiger partial charge on any atom is -0.338 e. The molecule has 1 amide bonds. The highest BCUT2D eigenvalue weighted by atomic mass is 32.2. The lowest BCUT2D eigenvalue weighted by atomic mass is 9.83. The standard InChI is InChI=1S/C21H26N2O3S/c1-21(13-12-17-6-4-3-5-7-17)14-15-23(16-21)20(24)18-8-10-19(11-9-18)27(25,26)22-2/h3-11,22H,12-16H2,1-2H3/t21-/m1/s1. The van der Waals surface area contributed by atoms with Crippen molar-refractivity contribution in [1.82, 2.24) is 9.62 Å². The predicted octanol–water partition coefficient (Wildman–Crippen LogP) is 3.08. The Morgan fingerprint density at radius 3 is 2.41 bits per heavy atom. The van der Waals surface area contributed by atoms with Gasteiger partial charge in [0.1, 0.15) is 0 Å². The minimum atomic E-state index is -3.49. The molecule has 1 atom stereocenters. The number of nitrogens with one attached hydrogen (secondary N) is 1. The van der Waals surface area contributed by atoms with E-state index in [1.807, 2.05) is 11.0 Å². The van der Waals surface area contributed by atoms with Gasteiger partial charge in [-0.2, -0.15) is 0 Å². The number of benzene rings is 2. The summed E-state index contributed by atoms with van der Waals surface area (Å²) in [5.41, 5.74) is 1.96. The summed E-state index contributed by atoms with van der Waals surface area (Å²) in [6.45, 7) is 3.71. The smallest absolute Gasteiger partial charge is 0.253 e. The Labute approximate surface area is 161 Å². The second-order valence-electron chi connectivity index (χ2n) is 7.50. The number of likely N-dealkylation sites (tertiary alicyclic amines) is 1. The summed E-state index contributed by atoms with van der Waals surface area (Å²) in [5, 5.41) is 0. The summed E-state index contributed by atoms with van der Waals surface area (Å²) in [7, 11) is -2.12. The van der Waals surface area contributed by atoms with Crippen molar-refractivity contribution in [2.75, 3.05) is 20.1 Å². The molecule has 1 aliphatic heterocycles. The molecule has 0 radical (unpaired) electrons. The highest BCUT2D eigenvalue weighted by Gasteiger charge is 2.35. The number of aryl methyl sites for hydroxylation is 1. The SMILES string of the molecule is CNS(=O)(=O)c1ccc(C(=O)N2CC[C@@](C)(CCc3ccccc3)C2)cc1. The molecule has 3 rings (SSSR count). The van der Waals surface area contributed by atoms with Crippen LogP contribution in [0.4, 0.5) is 0 Å². The van der Waals surface area contributed by atoms with Crippen LogP contribution in [0.5, 0.6) is 0 Å². The molecule has 0 spiro atoms. The molecule has 144 valence electrons. The maximum atomic E-state index is 12.8. The van der Waals surface area contributed by atoms with Gasteiger partial charge in [0.25, 0.3) is 5.91 Å². The van der Waals surface area contributed by atoms with E-state index in [0.717, 1.165) is 32.4 Å². The molecule has 0 unspecified atom stereocenters. The first-order valence-electron chi connectivity index (χ1n) is 9.20. The molecule has 2 aromatic rings. The summed E-state index contributed by atoms with van der Waals surface area (Å²) < 4.78 is 25.9. The monoisotopic (exact) mass is 386 g/mol. The predicted molar refractivity (Wildman–Crippen MR) is 106 cm³/mol. The number of sulfonamides is 1. The zero-order valence-corrected chi connectivity index (χ0v) is 16.6. The molecule has 0 bridgehead atoms. The largest absolute Gasteiger partial charge is 0.338 e. The lowest BCUT2D eigenvalue weighted by molar-refractivity contribution is 0.0773. The van der Waals surface area contributed by atoms with Gasteiger partial charge in [-0.05, 0) is 61.6 Å². The van der Waals surface area contributed by atoms with Crippen LogP contribution in [0.15, 0.2) is 59.5 Å². The minimum absolute atomic E-state index is 0.0353. The topological polar surface area (TPSA) is 66.5 Å². The first-order chi connectivity index (χ1) is 12.8. The Kier molecular flexibility index (Phi) is 5.67. The molecule has 1 heterocycles. The van der Waals surface area contributed by atoms with Gasteiger partial charge in [-0.1, -0.05) is 37.3 Å². The number of rotatable bonds is 6. The van der Waals surface area contributed by atoms with Gasteiger partial charge in [0, 0.05) is 18.7 Å². The van der Waals surface area contributed by atoms with E-state index in [-0.39, 0.29) is 16.2 Å². The lowest BCUT2D eigenvalue weighted by Crippen LogP contribution is -2.31. The van der Waals surface area contributed by atoms with E-state index in [1.54, 1.807) is 12.1 Å². The molecule has 0 aliphatic carbocycles. The lowest BCUT2D eigenvalue weighted by Gasteiger charge is -2.25. The molecular formula is C21H26N2O3S. The van der Waals surface area contributed by atoms with Crippen molar-refractivity contribution in [1.29, 1.82) is 0 Å². The van der Waals surface area contributed by atoms with E-state index < -0.39 is 10.0 Å². The van der Waals surface area contributed by atoms with Crippen LogP contribution in [0.2, 0.25) is 0 Å². The van der Waals surface area contributed by atoms with E-state index in [1.165, 1.54) is 24.7 Å². The van der Waals surface area contributed by atoms with Gasteiger partial charge in [0.2, 0.25) is 10.0 Å². The summed E-state index contributed by atoms with van der Waals surface area (Å²) >= 11 is 0. The van der Waals surface area contributed by atoms with Gasteiger partial charge in [0.15, 0.2) is 0 Å². The third-order valence-corrected chi connectivity index (χ3v) is 6.82. The first-order valence-corrected chi connectivity index (χ1v) is 10.7. The molecule has 2 aromatic carbocycles. The van der Waals surface area contributed by atoms with Crippen molar-refractivity contribution >= 4 is 15.9 Å². The number of hydrogen-bond donors (Lipinski definition) is 1. The van der Waals surface area contributed by atoms with E-state index in [0.29, 0.717) is 5.56 Å². The number of hydrogen-bond acceptors (Lipinski definition) is 3. The van der Waals surface area contributed by atoms with Gasteiger partial charge in [-0.15, -0.1) is 0 Å². The number of amides is 1. The first kappa shape index (κ1) is 19.6. The second kappa shape index (κ2) is 7.82. The van der Waals surface area contributed by atoms with Crippen LogP contribution in [0.25, 0.3) is 0 Å². The maximum Gasteiger partial charge on any atom is 0.253 e. The number of nitrogens with zero attached hydrogens (tertiary/aromatic N) is 1. The summed E-state index contributed by atoms with van der Waals surface area (Å²) in [4.78, 5) is 14.8. The van der Waals surface area contributed by atoms with Crippen LogP contribution in [0.3, 0.4) is 0 Å². The van der Waals surface area contributed by atoms with Crippen molar-refractivity contribution in [2.45, 2.75) is 31.1 Å². The second-order valence-corrected chi connectivity index (χ2v) is 9.39. The zero-order valence-electron chi connectivity index (χ0n) is 15.8. The fourth-order valence-electron chi connectivity index (χ4n) is 3.57. The highest BCUT2D eigenvalue weighted by molar-refractivity contribution is 7.89. The quantitative estimate of drug-likeness (QED) is 0.830. The molecule has 6 heteroatoms. The summed E-state index contributed by atoms with van der Waals surface area (Å²) in [5.74, 6) is -0.0353. The van der Waals surface area contributed by atoms with Gasteiger partial charge in [-0.25, -0.2) is 13.1 Å². The molecule has 1 saturated heterocycles. The van der Waals surface area contributed by atoms with Crippen molar-refractivity contribution in [3.63, 3.8) is 0 Å². The Morgan fingerprint density at radius 2 is 1.78 bits per heavy atom. The molecule has 1 N–H and O–H groups in total. The van der Waals surface area contributed by atoms with Gasteiger partial charge < -0.3 is 4.90 Å². The van der Waals surface area contributed by atoms with Gasteiger partial charge in [-0.3, -0.25) is 4.79 Å². The Balaban J connectivity index is 1.63. The molecule has 0 saturated carbocycles. The van der Waals surface area contributed by atoms with Crippen LogP contribution < -0.4 is 4.72 Å². The van der Waals surface area contributed by atoms with Crippen molar-refractivity contribution in [3.8, 4) is 0 Å². The molecule has 27 heavy (non-hydrogen) atoms. The molecule has 5 nitrogen and oxygen atoms in total. The van der Waals surface area contributed by atoms with E-state index >= 15 is 0 Å². The molecule has 1 fully saturated rings. The van der Waals surface area contributed by atoms with E-state index in [9.17, 15) is 13.2 Å². The maximum absolute atomic E-state index is 12.8. The molecule has 1 aliphatic rings. The van der Waals surface area contributed by atoms with Crippen molar-refractivity contribution < 1.29 is 13.2 Å². The molecular weight excluding hydrogens is 360 g/mol. The third-order valence-electron chi connectivity index (χ3n) is 5.39. The van der Waals surface area contributed by atoms with Crippen LogP contribution >= 0.6 is 0 Å². The Hall–Kier alpha value is -2.18. The van der Waals surface area contributed by atoms with Crippen LogP contribution in [0.1, 0.15) is 35.7 Å². The fourth-order valence-corrected chi connectivity index (χ4v) is 4.30. The van der Waals surface area contributed by atoms with Gasteiger partial charge >= 0.3 is 0 Å². The normalized spacial score (nSPS) is 20.0. The summed E-state index contributed by atoms with van der Waals surface area (Å²) in [6.07, 6.45) is 3.04. The third kappa shape index (κ3) is 4.57. The van der Waals surface area contributed by atoms with Crippen molar-refractivity contribution in [3.05, 3.63) is 65.7 Å². The van der Waals surface area contributed by atoms with Crippen molar-refractivity contribution in [2.24, 2.45) is 5.41 Å². The summed E-state index contributed by atoms with van der Waals surface area (Å²) in [6, 6.07) is 16.5. The van der Waals surface area contributed by atoms with Gasteiger partial charge in [0.05, 0.1) is 4.90 Å². The van der Waals surface area contributed by atoms with E-state index in [2.05, 4.69) is 35.9 Å². The number of carbonyl (C=O) groups is 1. The highest BCUT2D eigenvalue weighted by Crippen LogP contribution is 2.35. The Morgan fingerprint density at radius 1 is 1.11 bits per heavy atom. The molecule has 0 aromatic heterocycles.